The lowest BCUT2D eigenvalue weighted by Gasteiger charge is -2.21. The van der Waals surface area contributed by atoms with Crippen LogP contribution in [0.5, 0.6) is 0 Å². The predicted octanol–water partition coefficient (Wildman–Crippen LogP) is 3.34. The predicted molar refractivity (Wildman–Crippen MR) is 102 cm³/mol. The van der Waals surface area contributed by atoms with E-state index in [0.717, 1.165) is 18.8 Å². The summed E-state index contributed by atoms with van der Waals surface area (Å²) in [6.07, 6.45) is 0.820. The van der Waals surface area contributed by atoms with Crippen molar-refractivity contribution in [1.82, 2.24) is 0 Å². The number of rotatable bonds is 9. The Kier molecular flexibility index (Phi) is 7.12. The number of Topliss-reactive ketones (excluding diaryl/α,β-unsaturated/α-hetero) is 1. The molecule has 1 aromatic carbocycles. The molecule has 7 nitrogen and oxygen atoms in total. The molecule has 1 aromatic heterocycles. The maximum Gasteiger partial charge on any atom is 0.353 e. The van der Waals surface area contributed by atoms with Crippen LogP contribution in [-0.4, -0.2) is 32.0 Å². The van der Waals surface area contributed by atoms with Crippen LogP contribution in [0.1, 0.15) is 44.0 Å². The molecule has 2 aromatic rings. The van der Waals surface area contributed by atoms with Crippen molar-refractivity contribution in [3.05, 3.63) is 40.2 Å². The van der Waals surface area contributed by atoms with E-state index in [-0.39, 0.29) is 12.0 Å². The third kappa shape index (κ3) is 4.54. The Labute approximate surface area is 157 Å². The summed E-state index contributed by atoms with van der Waals surface area (Å²) in [6, 6.07) is 6.95. The molecule has 0 aliphatic carbocycles. The lowest BCUT2D eigenvalue weighted by molar-refractivity contribution is -0.257. The second-order valence-corrected chi connectivity index (χ2v) is 6.12. The van der Waals surface area contributed by atoms with E-state index < -0.39 is 23.3 Å². The minimum atomic E-state index is -1.11. The van der Waals surface area contributed by atoms with Crippen molar-refractivity contribution in [3.8, 4) is 0 Å². The standard InChI is InChI=1S/C20H25NO6/c1-5-8-15(20(24)27-25-4)18(22)16-11-13-9-10-14(21(6-2)7-3)12-17(13)26-19(16)23/h9-12,15H,5-8H2,1-4H3. The zero-order chi connectivity index (χ0) is 20.0. The van der Waals surface area contributed by atoms with Crippen LogP contribution >= 0.6 is 0 Å². The summed E-state index contributed by atoms with van der Waals surface area (Å²) < 4.78 is 5.38. The van der Waals surface area contributed by atoms with Crippen molar-refractivity contribution in [2.24, 2.45) is 5.92 Å². The number of carbonyl (C=O) groups excluding carboxylic acids is 2. The lowest BCUT2D eigenvalue weighted by Crippen LogP contribution is -2.29. The van der Waals surface area contributed by atoms with Gasteiger partial charge >= 0.3 is 11.6 Å². The summed E-state index contributed by atoms with van der Waals surface area (Å²) in [5, 5.41) is 0.615. The summed E-state index contributed by atoms with van der Waals surface area (Å²) in [4.78, 5) is 48.1. The zero-order valence-electron chi connectivity index (χ0n) is 16.1. The first-order valence-electron chi connectivity index (χ1n) is 9.08. The Morgan fingerprint density at radius 3 is 2.44 bits per heavy atom. The van der Waals surface area contributed by atoms with E-state index >= 15 is 0 Å². The molecule has 0 aliphatic heterocycles. The molecule has 0 amide bonds. The Morgan fingerprint density at radius 2 is 1.85 bits per heavy atom. The van der Waals surface area contributed by atoms with E-state index in [1.165, 1.54) is 13.2 Å². The number of hydrogen-bond donors (Lipinski definition) is 0. The molecule has 0 saturated heterocycles. The van der Waals surface area contributed by atoms with E-state index in [4.69, 9.17) is 4.42 Å². The molecule has 1 atom stereocenters. The summed E-state index contributed by atoms with van der Waals surface area (Å²) in [5.74, 6) is -2.55. The molecule has 0 N–H and O–H groups in total. The van der Waals surface area contributed by atoms with Crippen LogP contribution in [0, 0.1) is 5.92 Å². The van der Waals surface area contributed by atoms with Crippen molar-refractivity contribution in [1.29, 1.82) is 0 Å². The highest BCUT2D eigenvalue weighted by molar-refractivity contribution is 6.09. The molecule has 0 fully saturated rings. The van der Waals surface area contributed by atoms with Crippen molar-refractivity contribution in [2.45, 2.75) is 33.6 Å². The smallest absolute Gasteiger partial charge is 0.353 e. The number of nitrogens with zero attached hydrogens (tertiary/aromatic N) is 1. The number of anilines is 1. The number of ketones is 1. The van der Waals surface area contributed by atoms with E-state index in [1.807, 2.05) is 26.8 Å². The van der Waals surface area contributed by atoms with Gasteiger partial charge in [0.25, 0.3) is 0 Å². The van der Waals surface area contributed by atoms with E-state index in [1.54, 1.807) is 12.1 Å². The van der Waals surface area contributed by atoms with Crippen LogP contribution in [-0.2, 0) is 14.6 Å². The third-order valence-corrected chi connectivity index (χ3v) is 4.46. The summed E-state index contributed by atoms with van der Waals surface area (Å²) in [6.45, 7) is 7.56. The van der Waals surface area contributed by atoms with Crippen molar-refractivity contribution in [2.75, 3.05) is 25.1 Å². The fourth-order valence-electron chi connectivity index (χ4n) is 3.03. The highest BCUT2D eigenvalue weighted by Crippen LogP contribution is 2.23. The number of carbonyl (C=O) groups is 2. The molecular formula is C20H25NO6. The minimum absolute atomic E-state index is 0.162. The minimum Gasteiger partial charge on any atom is -0.422 e. The summed E-state index contributed by atoms with van der Waals surface area (Å²) >= 11 is 0. The zero-order valence-corrected chi connectivity index (χ0v) is 16.1. The van der Waals surface area contributed by atoms with Gasteiger partial charge < -0.3 is 9.32 Å². The number of benzene rings is 1. The van der Waals surface area contributed by atoms with Gasteiger partial charge in [-0.05, 0) is 38.5 Å². The van der Waals surface area contributed by atoms with Crippen LogP contribution in [0.15, 0.2) is 33.5 Å². The van der Waals surface area contributed by atoms with Gasteiger partial charge in [0.05, 0.1) is 7.11 Å². The fourth-order valence-corrected chi connectivity index (χ4v) is 3.03. The molecule has 1 unspecified atom stereocenters. The van der Waals surface area contributed by atoms with Gasteiger partial charge in [0, 0.05) is 30.2 Å². The first-order valence-corrected chi connectivity index (χ1v) is 9.08. The molecule has 7 heteroatoms. The second-order valence-electron chi connectivity index (χ2n) is 6.12. The first-order chi connectivity index (χ1) is 13.0. The number of fused-ring (bicyclic) bond motifs is 1. The van der Waals surface area contributed by atoms with Gasteiger partial charge in [0.15, 0.2) is 5.78 Å². The van der Waals surface area contributed by atoms with E-state index in [9.17, 15) is 14.4 Å². The van der Waals surface area contributed by atoms with Gasteiger partial charge in [-0.15, -0.1) is 0 Å². The van der Waals surface area contributed by atoms with Crippen molar-refractivity contribution in [3.63, 3.8) is 0 Å². The Morgan fingerprint density at radius 1 is 1.15 bits per heavy atom. The summed E-state index contributed by atoms with van der Waals surface area (Å²) in [7, 11) is 1.18. The highest BCUT2D eigenvalue weighted by Gasteiger charge is 2.31. The molecule has 0 spiro atoms. The Hall–Kier alpha value is -2.67. The quantitative estimate of drug-likeness (QED) is 0.218. The second kappa shape index (κ2) is 9.32. The maximum absolute atomic E-state index is 12.8. The number of hydrogen-bond acceptors (Lipinski definition) is 7. The molecule has 0 aliphatic rings. The van der Waals surface area contributed by atoms with Crippen LogP contribution in [0.2, 0.25) is 0 Å². The average Bonchev–Trinajstić information content (AvgIpc) is 2.66. The average molecular weight is 375 g/mol. The normalized spacial score (nSPS) is 12.0. The van der Waals surface area contributed by atoms with Crippen LogP contribution < -0.4 is 10.5 Å². The molecule has 0 saturated carbocycles. The summed E-state index contributed by atoms with van der Waals surface area (Å²) in [5.41, 5.74) is 0.398. The third-order valence-electron chi connectivity index (χ3n) is 4.46. The van der Waals surface area contributed by atoms with Crippen molar-refractivity contribution < 1.29 is 23.8 Å². The molecule has 2 rings (SSSR count). The first kappa shape index (κ1) is 20.6. The van der Waals surface area contributed by atoms with Gasteiger partial charge in [-0.3, -0.25) is 9.68 Å². The largest absolute Gasteiger partial charge is 0.422 e. The van der Waals surface area contributed by atoms with Crippen LogP contribution in [0.4, 0.5) is 5.69 Å². The fraction of sp³-hybridized carbons (Fsp3) is 0.450. The molecule has 0 radical (unpaired) electrons. The van der Waals surface area contributed by atoms with Crippen molar-refractivity contribution >= 4 is 28.4 Å². The molecule has 1 heterocycles. The Balaban J connectivity index is 2.45. The molecule has 27 heavy (non-hydrogen) atoms. The Bertz CT molecular complexity index is 868. The maximum atomic E-state index is 12.8. The highest BCUT2D eigenvalue weighted by atomic mass is 17.2. The monoisotopic (exact) mass is 375 g/mol. The SMILES string of the molecule is CCCC(C(=O)OOC)C(=O)c1cc2ccc(N(CC)CC)cc2oc1=O. The van der Waals surface area contributed by atoms with Crippen LogP contribution in [0.25, 0.3) is 11.0 Å². The van der Waals surface area contributed by atoms with Gasteiger partial charge in [-0.2, -0.15) is 4.89 Å². The van der Waals surface area contributed by atoms with E-state index in [0.29, 0.717) is 17.4 Å². The molecule has 146 valence electrons. The van der Waals surface area contributed by atoms with Gasteiger partial charge in [0.2, 0.25) is 0 Å². The van der Waals surface area contributed by atoms with Gasteiger partial charge in [-0.1, -0.05) is 13.3 Å². The van der Waals surface area contributed by atoms with Crippen LogP contribution in [0.3, 0.4) is 0 Å². The van der Waals surface area contributed by atoms with Gasteiger partial charge in [-0.25, -0.2) is 9.59 Å². The topological polar surface area (TPSA) is 86.1 Å². The van der Waals surface area contributed by atoms with E-state index in [2.05, 4.69) is 14.7 Å². The molecule has 0 bridgehead atoms. The van der Waals surface area contributed by atoms with Gasteiger partial charge in [0.1, 0.15) is 17.1 Å². The molecular weight excluding hydrogens is 350 g/mol. The lowest BCUT2D eigenvalue weighted by atomic mass is 9.94.